The minimum atomic E-state index is 0.181. The molecule has 0 N–H and O–H groups in total. The van der Waals surface area contributed by atoms with Crippen LogP contribution in [0.1, 0.15) is 24.1 Å². The molecule has 1 atom stereocenters. The monoisotopic (exact) mass is 335 g/mol. The summed E-state index contributed by atoms with van der Waals surface area (Å²) in [4.78, 5) is 9.20. The van der Waals surface area contributed by atoms with Crippen molar-refractivity contribution in [3.8, 4) is 0 Å². The molecule has 0 bridgehead atoms. The van der Waals surface area contributed by atoms with Crippen LogP contribution in [-0.4, -0.2) is 79.3 Å². The highest BCUT2D eigenvalue weighted by molar-refractivity contribution is 7.09. The zero-order chi connectivity index (χ0) is 15.7. The average molecular weight is 336 g/mol. The first kappa shape index (κ1) is 16.0. The van der Waals surface area contributed by atoms with Crippen molar-refractivity contribution in [3.63, 3.8) is 0 Å². The minimum Gasteiger partial charge on any atom is -0.373 e. The summed E-state index contributed by atoms with van der Waals surface area (Å²) in [5.41, 5.74) is 0.181. The van der Waals surface area contributed by atoms with Gasteiger partial charge in [-0.2, -0.15) is 0 Å². The maximum atomic E-state index is 6.38. The van der Waals surface area contributed by atoms with Crippen LogP contribution in [0.25, 0.3) is 0 Å². The third-order valence-corrected chi connectivity index (χ3v) is 6.83. The Morgan fingerprint density at radius 2 is 1.96 bits per heavy atom. The molecule has 3 fully saturated rings. The molecule has 0 aliphatic carbocycles. The average Bonchev–Trinajstić information content (AvgIpc) is 3.21. The second-order valence-electron chi connectivity index (χ2n) is 7.55. The Morgan fingerprint density at radius 3 is 2.65 bits per heavy atom. The highest BCUT2D eigenvalue weighted by atomic mass is 32.1. The number of hydrogen-bond acceptors (Lipinski definition) is 5. The molecule has 23 heavy (non-hydrogen) atoms. The Morgan fingerprint density at radius 1 is 1.17 bits per heavy atom. The van der Waals surface area contributed by atoms with Crippen LogP contribution in [0.2, 0.25) is 0 Å². The zero-order valence-electron chi connectivity index (χ0n) is 14.2. The van der Waals surface area contributed by atoms with Crippen molar-refractivity contribution in [2.75, 3.05) is 52.9 Å². The van der Waals surface area contributed by atoms with Gasteiger partial charge in [-0.1, -0.05) is 6.07 Å². The quantitative estimate of drug-likeness (QED) is 0.842. The maximum absolute atomic E-state index is 6.38. The van der Waals surface area contributed by atoms with Crippen molar-refractivity contribution in [1.82, 2.24) is 14.7 Å². The highest BCUT2D eigenvalue weighted by Gasteiger charge is 2.44. The first-order valence-electron chi connectivity index (χ1n) is 9.04. The molecule has 3 aliphatic rings. The van der Waals surface area contributed by atoms with Crippen LogP contribution in [0.15, 0.2) is 17.5 Å². The van der Waals surface area contributed by atoms with E-state index < -0.39 is 0 Å². The van der Waals surface area contributed by atoms with Gasteiger partial charge in [-0.3, -0.25) is 9.80 Å². The van der Waals surface area contributed by atoms with Crippen molar-refractivity contribution < 1.29 is 4.74 Å². The lowest BCUT2D eigenvalue weighted by atomic mass is 9.87. The number of ether oxygens (including phenoxy) is 1. The van der Waals surface area contributed by atoms with Gasteiger partial charge in [0.1, 0.15) is 0 Å². The number of nitrogens with zero attached hydrogens (tertiary/aromatic N) is 3. The second kappa shape index (κ2) is 6.81. The van der Waals surface area contributed by atoms with E-state index >= 15 is 0 Å². The maximum Gasteiger partial charge on any atom is 0.0723 e. The van der Waals surface area contributed by atoms with Gasteiger partial charge in [0.15, 0.2) is 0 Å². The van der Waals surface area contributed by atoms with Crippen molar-refractivity contribution in [1.29, 1.82) is 0 Å². The van der Waals surface area contributed by atoms with Crippen molar-refractivity contribution in [3.05, 3.63) is 22.4 Å². The van der Waals surface area contributed by atoms with Gasteiger partial charge in [0.2, 0.25) is 0 Å². The van der Waals surface area contributed by atoms with Crippen molar-refractivity contribution >= 4 is 11.3 Å². The second-order valence-corrected chi connectivity index (χ2v) is 8.58. The van der Waals surface area contributed by atoms with Crippen LogP contribution in [0.3, 0.4) is 0 Å². The summed E-state index contributed by atoms with van der Waals surface area (Å²) in [5.74, 6) is 0. The summed E-state index contributed by atoms with van der Waals surface area (Å²) in [6, 6.07) is 5.07. The summed E-state index contributed by atoms with van der Waals surface area (Å²) in [5, 5.41) is 2.18. The number of thiophene rings is 1. The molecule has 0 radical (unpaired) electrons. The van der Waals surface area contributed by atoms with Crippen LogP contribution >= 0.6 is 11.3 Å². The molecule has 128 valence electrons. The van der Waals surface area contributed by atoms with Gasteiger partial charge in [0.05, 0.1) is 12.2 Å². The Balaban J connectivity index is 1.28. The lowest BCUT2D eigenvalue weighted by molar-refractivity contribution is -0.0453. The highest BCUT2D eigenvalue weighted by Crippen LogP contribution is 2.38. The van der Waals surface area contributed by atoms with Crippen LogP contribution in [0, 0.1) is 0 Å². The van der Waals surface area contributed by atoms with E-state index in [-0.39, 0.29) is 5.60 Å². The normalized spacial score (nSPS) is 30.2. The molecule has 0 aromatic carbocycles. The molecule has 0 amide bonds. The first-order valence-corrected chi connectivity index (χ1v) is 9.92. The van der Waals surface area contributed by atoms with Crippen molar-refractivity contribution in [2.45, 2.75) is 37.5 Å². The molecule has 1 aromatic heterocycles. The van der Waals surface area contributed by atoms with E-state index in [9.17, 15) is 0 Å². The Kier molecular flexibility index (Phi) is 4.74. The van der Waals surface area contributed by atoms with Gasteiger partial charge < -0.3 is 9.64 Å². The SMILES string of the molecule is CN1CCN([C@@H]2COC3(CCN(Cc4cccs4)CC3)C2)CC1. The predicted molar refractivity (Wildman–Crippen MR) is 95.0 cm³/mol. The van der Waals surface area contributed by atoms with Crippen LogP contribution in [0.5, 0.6) is 0 Å². The van der Waals surface area contributed by atoms with Crippen molar-refractivity contribution in [2.24, 2.45) is 0 Å². The minimum absolute atomic E-state index is 0.181. The van der Waals surface area contributed by atoms with Crippen LogP contribution in [-0.2, 0) is 11.3 Å². The smallest absolute Gasteiger partial charge is 0.0723 e. The molecule has 4 rings (SSSR count). The molecule has 1 spiro atoms. The summed E-state index contributed by atoms with van der Waals surface area (Å²) < 4.78 is 6.38. The fraction of sp³-hybridized carbons (Fsp3) is 0.778. The summed E-state index contributed by atoms with van der Waals surface area (Å²) in [7, 11) is 2.23. The third-order valence-electron chi connectivity index (χ3n) is 5.97. The number of likely N-dealkylation sites (tertiary alicyclic amines) is 1. The van der Waals surface area contributed by atoms with Gasteiger partial charge in [-0.05, 0) is 37.8 Å². The topological polar surface area (TPSA) is 19.0 Å². The molecule has 5 heteroatoms. The molecule has 3 aliphatic heterocycles. The van der Waals surface area contributed by atoms with E-state index in [2.05, 4.69) is 39.3 Å². The van der Waals surface area contributed by atoms with Gasteiger partial charge in [-0.15, -0.1) is 11.3 Å². The Labute approximate surface area is 144 Å². The number of piperidine rings is 1. The molecule has 1 aromatic rings. The Bertz CT molecular complexity index is 490. The lowest BCUT2D eigenvalue weighted by Crippen LogP contribution is -2.50. The van der Waals surface area contributed by atoms with Gasteiger partial charge in [0, 0.05) is 56.7 Å². The fourth-order valence-corrected chi connectivity index (χ4v) is 5.08. The van der Waals surface area contributed by atoms with E-state index in [0.717, 1.165) is 13.2 Å². The molecule has 0 unspecified atom stereocenters. The summed E-state index contributed by atoms with van der Waals surface area (Å²) in [6.45, 7) is 9.29. The molecular formula is C18H29N3OS. The van der Waals surface area contributed by atoms with E-state index in [1.54, 1.807) is 0 Å². The van der Waals surface area contributed by atoms with E-state index in [4.69, 9.17) is 4.74 Å². The standard InChI is InChI=1S/C18H29N3OS/c1-19-8-10-21(11-9-19)16-13-18(22-15-16)4-6-20(7-5-18)14-17-3-2-12-23-17/h2-3,12,16H,4-11,13-15H2,1H3/t16-/m0/s1. The van der Waals surface area contributed by atoms with Crippen LogP contribution in [0.4, 0.5) is 0 Å². The molecular weight excluding hydrogens is 306 g/mol. The van der Waals surface area contributed by atoms with Crippen LogP contribution < -0.4 is 0 Å². The molecule has 4 heterocycles. The third kappa shape index (κ3) is 3.64. The summed E-state index contributed by atoms with van der Waals surface area (Å²) in [6.07, 6.45) is 3.68. The lowest BCUT2D eigenvalue weighted by Gasteiger charge is -2.39. The Hall–Kier alpha value is -0.460. The zero-order valence-corrected chi connectivity index (χ0v) is 15.1. The summed E-state index contributed by atoms with van der Waals surface area (Å²) >= 11 is 1.88. The predicted octanol–water partition coefficient (Wildman–Crippen LogP) is 2.12. The molecule has 3 saturated heterocycles. The van der Waals surface area contributed by atoms with Gasteiger partial charge in [-0.25, -0.2) is 0 Å². The first-order chi connectivity index (χ1) is 11.2. The number of rotatable bonds is 3. The van der Waals surface area contributed by atoms with Gasteiger partial charge >= 0.3 is 0 Å². The molecule has 0 saturated carbocycles. The number of hydrogen-bond donors (Lipinski definition) is 0. The van der Waals surface area contributed by atoms with E-state index in [1.165, 1.54) is 63.4 Å². The number of likely N-dealkylation sites (N-methyl/N-ethyl adjacent to an activating group) is 1. The fourth-order valence-electron chi connectivity index (χ4n) is 4.33. The van der Waals surface area contributed by atoms with E-state index in [0.29, 0.717) is 6.04 Å². The van der Waals surface area contributed by atoms with Gasteiger partial charge in [0.25, 0.3) is 0 Å². The molecule has 4 nitrogen and oxygen atoms in total. The van der Waals surface area contributed by atoms with E-state index in [1.807, 2.05) is 11.3 Å². The largest absolute Gasteiger partial charge is 0.373 e. The number of piperazine rings is 1.